The second-order valence-corrected chi connectivity index (χ2v) is 6.52. The molecule has 27 heavy (non-hydrogen) atoms. The van der Waals surface area contributed by atoms with Gasteiger partial charge in [0.25, 0.3) is 0 Å². The molecule has 5 nitrogen and oxygen atoms in total. The van der Waals surface area contributed by atoms with Gasteiger partial charge in [0, 0.05) is 24.3 Å². The monoisotopic (exact) mass is 362 g/mol. The highest BCUT2D eigenvalue weighted by Gasteiger charge is 2.08. The molecule has 140 valence electrons. The maximum absolute atomic E-state index is 5.19. The van der Waals surface area contributed by atoms with E-state index in [0.717, 1.165) is 30.2 Å². The van der Waals surface area contributed by atoms with Crippen LogP contribution in [0.1, 0.15) is 29.8 Å². The van der Waals surface area contributed by atoms with Crippen LogP contribution in [0.15, 0.2) is 60.7 Å². The molecule has 0 unspecified atom stereocenters. The lowest BCUT2D eigenvalue weighted by atomic mass is 10.1. The number of rotatable bonds is 8. The predicted molar refractivity (Wildman–Crippen MR) is 110 cm³/mol. The van der Waals surface area contributed by atoms with Crippen molar-refractivity contribution in [1.82, 2.24) is 9.97 Å². The number of anilines is 2. The van der Waals surface area contributed by atoms with E-state index in [9.17, 15) is 0 Å². The largest absolute Gasteiger partial charge is 0.497 e. The van der Waals surface area contributed by atoms with Crippen LogP contribution >= 0.6 is 0 Å². The van der Waals surface area contributed by atoms with Gasteiger partial charge in [-0.15, -0.1) is 0 Å². The summed E-state index contributed by atoms with van der Waals surface area (Å²) >= 11 is 0. The van der Waals surface area contributed by atoms with Gasteiger partial charge >= 0.3 is 0 Å². The summed E-state index contributed by atoms with van der Waals surface area (Å²) in [6.07, 6.45) is 0.893. The van der Waals surface area contributed by atoms with Gasteiger partial charge in [0.15, 0.2) is 0 Å². The number of aromatic nitrogens is 2. The zero-order valence-corrected chi connectivity index (χ0v) is 16.1. The fourth-order valence-corrected chi connectivity index (χ4v) is 2.88. The molecule has 0 aliphatic carbocycles. The highest BCUT2D eigenvalue weighted by molar-refractivity contribution is 5.44. The Hall–Kier alpha value is -3.08. The quantitative estimate of drug-likeness (QED) is 0.612. The van der Waals surface area contributed by atoms with Crippen LogP contribution in [0.2, 0.25) is 0 Å². The summed E-state index contributed by atoms with van der Waals surface area (Å²) < 4.78 is 5.19. The number of aryl methyl sites for hydroxylation is 1. The van der Waals surface area contributed by atoms with Crippen molar-refractivity contribution in [2.45, 2.75) is 26.3 Å². The molecular weight excluding hydrogens is 336 g/mol. The first kappa shape index (κ1) is 18.7. The number of hydrogen-bond donors (Lipinski definition) is 2. The molecule has 0 fully saturated rings. The number of hydrogen-bond acceptors (Lipinski definition) is 5. The van der Waals surface area contributed by atoms with E-state index in [2.05, 4.69) is 51.8 Å². The van der Waals surface area contributed by atoms with E-state index in [4.69, 9.17) is 4.74 Å². The standard InChI is InChI=1S/C22H26N4O/c1-16-15-21(25-17(2)19-7-5-4-6-8-19)26-22(24-16)23-14-13-18-9-11-20(27-3)12-10-18/h4-12,15,17H,13-14H2,1-3H3,(H2,23,24,25,26)/t17-/m0/s1. The van der Waals surface area contributed by atoms with E-state index >= 15 is 0 Å². The van der Waals surface area contributed by atoms with Crippen molar-refractivity contribution in [2.75, 3.05) is 24.3 Å². The zero-order chi connectivity index (χ0) is 19.1. The molecular formula is C22H26N4O. The minimum absolute atomic E-state index is 0.174. The molecule has 0 bridgehead atoms. The Morgan fingerprint density at radius 1 is 1.00 bits per heavy atom. The highest BCUT2D eigenvalue weighted by atomic mass is 16.5. The van der Waals surface area contributed by atoms with Gasteiger partial charge in [-0.25, -0.2) is 4.98 Å². The molecule has 0 spiro atoms. The van der Waals surface area contributed by atoms with Gasteiger partial charge in [0.05, 0.1) is 7.11 Å². The minimum Gasteiger partial charge on any atom is -0.497 e. The Morgan fingerprint density at radius 3 is 2.44 bits per heavy atom. The normalized spacial score (nSPS) is 11.7. The first-order valence-corrected chi connectivity index (χ1v) is 9.18. The van der Waals surface area contributed by atoms with Crippen molar-refractivity contribution in [2.24, 2.45) is 0 Å². The van der Waals surface area contributed by atoms with E-state index in [-0.39, 0.29) is 6.04 Å². The molecule has 0 saturated carbocycles. The lowest BCUT2D eigenvalue weighted by Crippen LogP contribution is -2.12. The van der Waals surface area contributed by atoms with E-state index < -0.39 is 0 Å². The van der Waals surface area contributed by atoms with E-state index in [0.29, 0.717) is 5.95 Å². The van der Waals surface area contributed by atoms with Gasteiger partial charge in [-0.2, -0.15) is 4.98 Å². The van der Waals surface area contributed by atoms with Crippen molar-refractivity contribution in [1.29, 1.82) is 0 Å². The van der Waals surface area contributed by atoms with E-state index in [1.165, 1.54) is 11.1 Å². The van der Waals surface area contributed by atoms with Crippen LogP contribution in [-0.4, -0.2) is 23.6 Å². The SMILES string of the molecule is COc1ccc(CCNc2nc(C)cc(N[C@@H](C)c3ccccc3)n2)cc1. The second-order valence-electron chi connectivity index (χ2n) is 6.52. The molecule has 0 amide bonds. The van der Waals surface area contributed by atoms with Crippen LogP contribution in [0, 0.1) is 6.92 Å². The van der Waals surface area contributed by atoms with Gasteiger partial charge in [0.1, 0.15) is 11.6 Å². The summed E-state index contributed by atoms with van der Waals surface area (Å²) in [6, 6.07) is 20.6. The maximum atomic E-state index is 5.19. The summed E-state index contributed by atoms with van der Waals surface area (Å²) in [5.41, 5.74) is 3.40. The van der Waals surface area contributed by atoms with Crippen molar-refractivity contribution >= 4 is 11.8 Å². The number of nitrogens with zero attached hydrogens (tertiary/aromatic N) is 2. The first-order chi connectivity index (χ1) is 13.1. The number of ether oxygens (including phenoxy) is 1. The topological polar surface area (TPSA) is 59.1 Å². The molecule has 2 N–H and O–H groups in total. The Morgan fingerprint density at radius 2 is 1.74 bits per heavy atom. The summed E-state index contributed by atoms with van der Waals surface area (Å²) in [7, 11) is 1.68. The van der Waals surface area contributed by atoms with Gasteiger partial charge in [-0.3, -0.25) is 0 Å². The molecule has 0 aliphatic rings. The fourth-order valence-electron chi connectivity index (χ4n) is 2.88. The minimum atomic E-state index is 0.174. The molecule has 0 saturated heterocycles. The smallest absolute Gasteiger partial charge is 0.224 e. The zero-order valence-electron chi connectivity index (χ0n) is 16.1. The third kappa shape index (κ3) is 5.45. The molecule has 0 aliphatic heterocycles. The Labute approximate surface area is 160 Å². The van der Waals surface area contributed by atoms with Crippen LogP contribution in [0.25, 0.3) is 0 Å². The molecule has 1 aromatic heterocycles. The fraction of sp³-hybridized carbons (Fsp3) is 0.273. The predicted octanol–water partition coefficient (Wildman–Crippen LogP) is 4.62. The first-order valence-electron chi connectivity index (χ1n) is 9.18. The molecule has 1 heterocycles. The third-order valence-corrected chi connectivity index (χ3v) is 4.37. The third-order valence-electron chi connectivity index (χ3n) is 4.37. The average Bonchev–Trinajstić information content (AvgIpc) is 2.69. The van der Waals surface area contributed by atoms with Gasteiger partial charge < -0.3 is 15.4 Å². The van der Waals surface area contributed by atoms with Gasteiger partial charge in [-0.1, -0.05) is 42.5 Å². The van der Waals surface area contributed by atoms with Crippen LogP contribution in [0.4, 0.5) is 11.8 Å². The lowest BCUT2D eigenvalue weighted by molar-refractivity contribution is 0.414. The highest BCUT2D eigenvalue weighted by Crippen LogP contribution is 2.19. The summed E-state index contributed by atoms with van der Waals surface area (Å²) in [4.78, 5) is 9.09. The number of nitrogens with one attached hydrogen (secondary N) is 2. The Bertz CT molecular complexity index is 850. The van der Waals surface area contributed by atoms with E-state index in [1.54, 1.807) is 7.11 Å². The molecule has 0 radical (unpaired) electrons. The summed E-state index contributed by atoms with van der Waals surface area (Å²) in [5, 5.41) is 6.78. The van der Waals surface area contributed by atoms with Crippen LogP contribution < -0.4 is 15.4 Å². The summed E-state index contributed by atoms with van der Waals surface area (Å²) in [5.74, 6) is 2.34. The van der Waals surface area contributed by atoms with Crippen LogP contribution in [-0.2, 0) is 6.42 Å². The molecule has 1 atom stereocenters. The van der Waals surface area contributed by atoms with Gasteiger partial charge in [0.2, 0.25) is 5.95 Å². The van der Waals surface area contributed by atoms with E-state index in [1.807, 2.05) is 43.3 Å². The molecule has 3 rings (SSSR count). The lowest BCUT2D eigenvalue weighted by Gasteiger charge is -2.16. The van der Waals surface area contributed by atoms with Crippen molar-refractivity contribution in [3.8, 4) is 5.75 Å². The van der Waals surface area contributed by atoms with Crippen LogP contribution in [0.3, 0.4) is 0 Å². The number of methoxy groups -OCH3 is 1. The molecule has 5 heteroatoms. The Kier molecular flexibility index (Phi) is 6.26. The van der Waals surface area contributed by atoms with Gasteiger partial charge in [-0.05, 0) is 43.5 Å². The van der Waals surface area contributed by atoms with Crippen molar-refractivity contribution in [3.63, 3.8) is 0 Å². The number of benzene rings is 2. The van der Waals surface area contributed by atoms with Crippen LogP contribution in [0.5, 0.6) is 5.75 Å². The van der Waals surface area contributed by atoms with Crippen molar-refractivity contribution in [3.05, 3.63) is 77.5 Å². The average molecular weight is 362 g/mol. The Balaban J connectivity index is 1.59. The van der Waals surface area contributed by atoms with Crippen molar-refractivity contribution < 1.29 is 4.74 Å². The molecule has 2 aromatic carbocycles. The molecule has 3 aromatic rings. The summed E-state index contributed by atoms with van der Waals surface area (Å²) in [6.45, 7) is 4.88. The maximum Gasteiger partial charge on any atom is 0.224 e. The second kappa shape index (κ2) is 9.03.